The number of rotatable bonds is 5. The zero-order valence-corrected chi connectivity index (χ0v) is 16.6. The molecule has 0 amide bonds. The molecule has 0 aliphatic heterocycles. The van der Waals surface area contributed by atoms with Gasteiger partial charge in [-0.3, -0.25) is 4.79 Å². The van der Waals surface area contributed by atoms with Crippen molar-refractivity contribution in [2.45, 2.75) is 6.54 Å². The standard InChI is InChI=1S/C24H17ClN2O3/c25-20-9-6-16(7-10-20)19-12-21(17-4-2-1-3-5-17)26-27(14-19)15-24(30)18-8-11-22(28)23(29)13-18/h1-14,26H,15H2/p+1. The smallest absolute Gasteiger partial charge is 0.236 e. The molecule has 0 saturated carbocycles. The van der Waals surface area contributed by atoms with Gasteiger partial charge in [0.15, 0.2) is 11.5 Å². The van der Waals surface area contributed by atoms with Crippen LogP contribution in [-0.2, 0) is 6.54 Å². The number of carbonyl (C=O) groups excluding carboxylic acids is 1. The molecule has 0 saturated heterocycles. The van der Waals surface area contributed by atoms with Gasteiger partial charge in [-0.15, -0.1) is 0 Å². The number of halogens is 1. The number of ketones is 1. The molecule has 30 heavy (non-hydrogen) atoms. The molecule has 6 heteroatoms. The van der Waals surface area contributed by atoms with E-state index in [4.69, 9.17) is 11.6 Å². The zero-order chi connectivity index (χ0) is 21.1. The van der Waals surface area contributed by atoms with Crippen molar-refractivity contribution in [1.29, 1.82) is 0 Å². The maximum Gasteiger partial charge on any atom is 0.236 e. The molecule has 148 valence electrons. The molecule has 4 aromatic rings. The molecule has 0 bridgehead atoms. The summed E-state index contributed by atoms with van der Waals surface area (Å²) in [6, 6.07) is 23.1. The lowest BCUT2D eigenvalue weighted by molar-refractivity contribution is -0.740. The lowest BCUT2D eigenvalue weighted by atomic mass is 10.0. The van der Waals surface area contributed by atoms with E-state index in [9.17, 15) is 15.0 Å². The minimum absolute atomic E-state index is 0.0223. The summed E-state index contributed by atoms with van der Waals surface area (Å²) in [6.07, 6.45) is 1.80. The lowest BCUT2D eigenvalue weighted by Gasteiger charge is -2.05. The summed E-state index contributed by atoms with van der Waals surface area (Å²) >= 11 is 6.02. The number of benzene rings is 3. The lowest BCUT2D eigenvalue weighted by Crippen LogP contribution is -2.42. The van der Waals surface area contributed by atoms with Crippen LogP contribution in [0, 0.1) is 0 Å². The van der Waals surface area contributed by atoms with Crippen molar-refractivity contribution in [3.63, 3.8) is 0 Å². The number of aromatic hydroxyl groups is 2. The number of carbonyl (C=O) groups is 1. The van der Waals surface area contributed by atoms with Gasteiger partial charge in [0.2, 0.25) is 18.5 Å². The van der Waals surface area contributed by atoms with Crippen molar-refractivity contribution in [3.05, 3.63) is 95.6 Å². The maximum atomic E-state index is 12.7. The van der Waals surface area contributed by atoms with Gasteiger partial charge in [0, 0.05) is 21.2 Å². The van der Waals surface area contributed by atoms with E-state index < -0.39 is 0 Å². The first-order valence-corrected chi connectivity index (χ1v) is 9.66. The fourth-order valence-corrected chi connectivity index (χ4v) is 3.23. The quantitative estimate of drug-likeness (QED) is 0.281. The molecule has 0 aliphatic rings. The topological polar surface area (TPSA) is 74.3 Å². The van der Waals surface area contributed by atoms with Crippen molar-refractivity contribution >= 4 is 17.4 Å². The van der Waals surface area contributed by atoms with Crippen molar-refractivity contribution in [2.24, 2.45) is 0 Å². The normalized spacial score (nSPS) is 10.7. The number of hydrogen-bond donors (Lipinski definition) is 2. The van der Waals surface area contributed by atoms with E-state index in [0.29, 0.717) is 5.02 Å². The first kappa shape index (κ1) is 19.6. The van der Waals surface area contributed by atoms with Crippen LogP contribution in [0.2, 0.25) is 5.02 Å². The Morgan fingerprint density at radius 1 is 0.833 bits per heavy atom. The molecular weight excluding hydrogens is 400 g/mol. The highest BCUT2D eigenvalue weighted by Gasteiger charge is 2.19. The van der Waals surface area contributed by atoms with Gasteiger partial charge in [0.25, 0.3) is 0 Å². The van der Waals surface area contributed by atoms with Crippen LogP contribution in [0.5, 0.6) is 11.5 Å². The van der Waals surface area contributed by atoms with E-state index in [-0.39, 0.29) is 29.4 Å². The van der Waals surface area contributed by atoms with Crippen LogP contribution in [0.3, 0.4) is 0 Å². The number of phenolic OH excluding ortho intramolecular Hbond substituents is 2. The molecule has 0 radical (unpaired) electrons. The molecule has 3 aromatic carbocycles. The van der Waals surface area contributed by atoms with Crippen molar-refractivity contribution in [1.82, 2.24) is 5.10 Å². The third kappa shape index (κ3) is 4.31. The number of hydrogen-bond acceptors (Lipinski definition) is 4. The fraction of sp³-hybridized carbons (Fsp3) is 0.0417. The molecular formula is C24H18ClN2O3+. The highest BCUT2D eigenvalue weighted by Crippen LogP contribution is 2.26. The van der Waals surface area contributed by atoms with Gasteiger partial charge in [-0.25, -0.2) is 0 Å². The van der Waals surface area contributed by atoms with E-state index in [1.807, 2.05) is 60.7 Å². The second kappa shape index (κ2) is 8.35. The Labute approximate surface area is 178 Å². The minimum Gasteiger partial charge on any atom is -0.504 e. The Morgan fingerprint density at radius 2 is 1.57 bits per heavy atom. The summed E-state index contributed by atoms with van der Waals surface area (Å²) < 4.78 is 1.58. The van der Waals surface area contributed by atoms with Gasteiger partial charge < -0.3 is 10.2 Å². The molecule has 0 spiro atoms. The van der Waals surface area contributed by atoms with E-state index in [2.05, 4.69) is 5.10 Å². The van der Waals surface area contributed by atoms with E-state index in [0.717, 1.165) is 22.4 Å². The van der Waals surface area contributed by atoms with Crippen LogP contribution >= 0.6 is 11.6 Å². The van der Waals surface area contributed by atoms with Gasteiger partial charge >= 0.3 is 0 Å². The molecule has 2 N–H and O–H groups in total. The number of phenols is 2. The predicted octanol–water partition coefficient (Wildman–Crippen LogP) is 4.65. The Bertz CT molecular complexity index is 1210. The van der Waals surface area contributed by atoms with Crippen LogP contribution in [0.25, 0.3) is 22.4 Å². The molecule has 1 aromatic heterocycles. The van der Waals surface area contributed by atoms with Crippen molar-refractivity contribution < 1.29 is 19.7 Å². The Morgan fingerprint density at radius 3 is 2.27 bits per heavy atom. The van der Waals surface area contributed by atoms with Crippen molar-refractivity contribution in [3.8, 4) is 33.9 Å². The summed E-state index contributed by atoms with van der Waals surface area (Å²) in [7, 11) is 0. The van der Waals surface area contributed by atoms with Gasteiger partial charge in [-0.2, -0.15) is 0 Å². The Kier molecular flexibility index (Phi) is 5.46. The molecule has 0 atom stereocenters. The molecule has 5 nitrogen and oxygen atoms in total. The highest BCUT2D eigenvalue weighted by atomic mass is 35.5. The monoisotopic (exact) mass is 417 g/mol. The van der Waals surface area contributed by atoms with Gasteiger partial charge in [-0.1, -0.05) is 58.7 Å². The average Bonchev–Trinajstić information content (AvgIpc) is 2.76. The summed E-state index contributed by atoms with van der Waals surface area (Å²) in [5.41, 5.74) is 3.78. The highest BCUT2D eigenvalue weighted by molar-refractivity contribution is 6.30. The molecule has 1 heterocycles. The largest absolute Gasteiger partial charge is 0.504 e. The minimum atomic E-state index is -0.335. The van der Waals surface area contributed by atoms with Gasteiger partial charge in [0.1, 0.15) is 5.69 Å². The summed E-state index contributed by atoms with van der Waals surface area (Å²) in [5.74, 6) is -0.845. The van der Waals surface area contributed by atoms with E-state index in [1.54, 1.807) is 10.9 Å². The van der Waals surface area contributed by atoms with Gasteiger partial charge in [0.05, 0.1) is 5.56 Å². The third-order valence-electron chi connectivity index (χ3n) is 4.67. The first-order valence-electron chi connectivity index (χ1n) is 9.28. The van der Waals surface area contributed by atoms with Crippen LogP contribution in [0.15, 0.2) is 85.1 Å². The molecule has 0 unspecified atom stereocenters. The van der Waals surface area contributed by atoms with Crippen LogP contribution in [0.1, 0.15) is 10.4 Å². The number of nitrogens with zero attached hydrogens (tertiary/aromatic N) is 2. The van der Waals surface area contributed by atoms with Gasteiger partial charge in [-0.05, 0) is 42.0 Å². The summed E-state index contributed by atoms with van der Waals surface area (Å²) in [5, 5.41) is 24.4. The molecule has 4 rings (SSSR count). The molecule has 0 aliphatic carbocycles. The number of aromatic nitrogens is 2. The van der Waals surface area contributed by atoms with Crippen LogP contribution in [-0.4, -0.2) is 21.1 Å². The Balaban J connectivity index is 1.74. The summed E-state index contributed by atoms with van der Waals surface area (Å²) in [4.78, 5) is 12.7. The first-order chi connectivity index (χ1) is 14.5. The fourth-order valence-electron chi connectivity index (χ4n) is 3.11. The predicted molar refractivity (Wildman–Crippen MR) is 114 cm³/mol. The van der Waals surface area contributed by atoms with E-state index in [1.165, 1.54) is 18.2 Å². The van der Waals surface area contributed by atoms with Crippen LogP contribution in [0.4, 0.5) is 0 Å². The second-order valence-electron chi connectivity index (χ2n) is 6.81. The molecule has 0 fully saturated rings. The SMILES string of the molecule is O=C(C[n+]1cc(-c2ccc(Cl)cc2)cc(-c2ccccc2)n1)c1ccc(O)c(O)c1. The third-order valence-corrected chi connectivity index (χ3v) is 4.92. The number of Topliss-reactive ketones (excluding diaryl/α,β-unsaturated/α-hetero) is 1. The van der Waals surface area contributed by atoms with Crippen molar-refractivity contribution in [2.75, 3.05) is 0 Å². The Hall–Kier alpha value is -3.70. The maximum absolute atomic E-state index is 12.7. The van der Waals surface area contributed by atoms with E-state index >= 15 is 0 Å². The second-order valence-corrected chi connectivity index (χ2v) is 7.25. The summed E-state index contributed by atoms with van der Waals surface area (Å²) in [6.45, 7) is -0.0223. The zero-order valence-electron chi connectivity index (χ0n) is 15.9. The average molecular weight is 418 g/mol. The van der Waals surface area contributed by atoms with Crippen LogP contribution < -0.4 is 4.68 Å².